The molecule has 1 aliphatic heterocycles. The van der Waals surface area contributed by atoms with E-state index in [1.807, 2.05) is 48.5 Å². The number of hydrogen-bond acceptors (Lipinski definition) is 4. The van der Waals surface area contributed by atoms with E-state index >= 15 is 0 Å². The van der Waals surface area contributed by atoms with Crippen molar-refractivity contribution in [1.29, 1.82) is 0 Å². The lowest BCUT2D eigenvalue weighted by Crippen LogP contribution is -2.45. The van der Waals surface area contributed by atoms with Crippen molar-refractivity contribution in [3.63, 3.8) is 0 Å². The average Bonchev–Trinajstić information content (AvgIpc) is 2.84. The molecule has 1 aliphatic rings. The molecular weight excluding hydrogens is 429 g/mol. The van der Waals surface area contributed by atoms with Gasteiger partial charge in [0.2, 0.25) is 0 Å². The number of piperazine rings is 1. The number of ether oxygens (including phenoxy) is 2. The standard InChI is InChI=1S/C26H27F3N2O2/c1-32-24-17-21(9-12-23(24)33-18-19-5-3-2-4-6-19)25(31-15-13-30-14-16-31)20-7-10-22(11-8-20)26(27,28)29/h2-12,17,25,30H,13-16,18H2,1H3. The molecule has 4 rings (SSSR count). The highest BCUT2D eigenvalue weighted by atomic mass is 19.4. The van der Waals surface area contributed by atoms with Crippen molar-refractivity contribution in [2.45, 2.75) is 18.8 Å². The van der Waals surface area contributed by atoms with Crippen molar-refractivity contribution in [3.8, 4) is 11.5 Å². The molecule has 0 spiro atoms. The fourth-order valence-corrected chi connectivity index (χ4v) is 4.12. The van der Waals surface area contributed by atoms with E-state index in [1.165, 1.54) is 0 Å². The van der Waals surface area contributed by atoms with Gasteiger partial charge in [0.25, 0.3) is 0 Å². The average molecular weight is 457 g/mol. The maximum atomic E-state index is 13.1. The fraction of sp³-hybridized carbons (Fsp3) is 0.308. The SMILES string of the molecule is COc1cc(C(c2ccc(C(F)(F)F)cc2)N2CCNCC2)ccc1OCc1ccccc1. The van der Waals surface area contributed by atoms with Gasteiger partial charge in [0.05, 0.1) is 18.7 Å². The molecule has 1 N–H and O–H groups in total. The summed E-state index contributed by atoms with van der Waals surface area (Å²) in [5.74, 6) is 1.21. The number of alkyl halides is 3. The summed E-state index contributed by atoms with van der Waals surface area (Å²) in [5, 5.41) is 3.33. The second kappa shape index (κ2) is 10.3. The number of halogens is 3. The van der Waals surface area contributed by atoms with E-state index < -0.39 is 11.7 Å². The van der Waals surface area contributed by atoms with Gasteiger partial charge in [-0.15, -0.1) is 0 Å². The molecule has 1 heterocycles. The summed E-state index contributed by atoms with van der Waals surface area (Å²) in [7, 11) is 1.59. The quantitative estimate of drug-likeness (QED) is 0.524. The smallest absolute Gasteiger partial charge is 0.416 e. The zero-order valence-electron chi connectivity index (χ0n) is 18.4. The van der Waals surface area contributed by atoms with Gasteiger partial charge in [0.15, 0.2) is 11.5 Å². The van der Waals surface area contributed by atoms with Gasteiger partial charge in [0, 0.05) is 26.2 Å². The molecule has 1 fully saturated rings. The van der Waals surface area contributed by atoms with Crippen molar-refractivity contribution in [2.75, 3.05) is 33.3 Å². The minimum atomic E-state index is -4.36. The lowest BCUT2D eigenvalue weighted by atomic mass is 9.95. The van der Waals surface area contributed by atoms with Gasteiger partial charge in [-0.2, -0.15) is 13.2 Å². The normalized spacial score (nSPS) is 15.8. The van der Waals surface area contributed by atoms with Crippen LogP contribution in [-0.4, -0.2) is 38.2 Å². The summed E-state index contributed by atoms with van der Waals surface area (Å²) in [6.45, 7) is 3.65. The minimum absolute atomic E-state index is 0.188. The van der Waals surface area contributed by atoms with E-state index in [0.717, 1.165) is 55.0 Å². The third kappa shape index (κ3) is 5.67. The summed E-state index contributed by atoms with van der Waals surface area (Å²) in [6, 6.07) is 20.9. The predicted octanol–water partition coefficient (Wildman–Crippen LogP) is 5.29. The van der Waals surface area contributed by atoms with Crippen molar-refractivity contribution in [2.24, 2.45) is 0 Å². The Hall–Kier alpha value is -3.03. The highest BCUT2D eigenvalue weighted by Gasteiger charge is 2.31. The number of methoxy groups -OCH3 is 1. The summed E-state index contributed by atoms with van der Waals surface area (Å²) in [4.78, 5) is 2.28. The van der Waals surface area contributed by atoms with Crippen LogP contribution in [0.2, 0.25) is 0 Å². The molecule has 0 amide bonds. The second-order valence-electron chi connectivity index (χ2n) is 7.99. The third-order valence-corrected chi connectivity index (χ3v) is 5.81. The van der Waals surface area contributed by atoms with Gasteiger partial charge >= 0.3 is 6.18 Å². The van der Waals surface area contributed by atoms with Crippen LogP contribution in [0.4, 0.5) is 13.2 Å². The van der Waals surface area contributed by atoms with Crippen LogP contribution in [-0.2, 0) is 12.8 Å². The van der Waals surface area contributed by atoms with Gasteiger partial charge in [-0.25, -0.2) is 0 Å². The van der Waals surface area contributed by atoms with Gasteiger partial charge in [-0.3, -0.25) is 4.90 Å². The van der Waals surface area contributed by atoms with Crippen LogP contribution in [0.15, 0.2) is 72.8 Å². The number of rotatable bonds is 7. The van der Waals surface area contributed by atoms with Crippen LogP contribution in [0.1, 0.15) is 28.3 Å². The minimum Gasteiger partial charge on any atom is -0.493 e. The maximum Gasteiger partial charge on any atom is 0.416 e. The van der Waals surface area contributed by atoms with E-state index in [1.54, 1.807) is 19.2 Å². The highest BCUT2D eigenvalue weighted by molar-refractivity contribution is 5.46. The molecule has 4 nitrogen and oxygen atoms in total. The molecular formula is C26H27F3N2O2. The molecule has 1 saturated heterocycles. The van der Waals surface area contributed by atoms with Gasteiger partial charge in [0.1, 0.15) is 6.61 Å². The van der Waals surface area contributed by atoms with Gasteiger partial charge in [-0.1, -0.05) is 48.5 Å². The Morgan fingerprint density at radius 1 is 0.879 bits per heavy atom. The molecule has 1 atom stereocenters. The van der Waals surface area contributed by atoms with E-state index in [2.05, 4.69) is 10.2 Å². The number of hydrogen-bond donors (Lipinski definition) is 1. The molecule has 7 heteroatoms. The van der Waals surface area contributed by atoms with E-state index in [0.29, 0.717) is 18.1 Å². The monoisotopic (exact) mass is 456 g/mol. The summed E-state index contributed by atoms with van der Waals surface area (Å²) in [6.07, 6.45) is -4.36. The third-order valence-electron chi connectivity index (χ3n) is 5.81. The zero-order chi connectivity index (χ0) is 23.3. The molecule has 174 valence electrons. The first-order valence-corrected chi connectivity index (χ1v) is 10.9. The van der Waals surface area contributed by atoms with Crippen LogP contribution in [0.3, 0.4) is 0 Å². The van der Waals surface area contributed by atoms with Crippen molar-refractivity contribution in [3.05, 3.63) is 95.1 Å². The number of nitrogens with one attached hydrogen (secondary N) is 1. The zero-order valence-corrected chi connectivity index (χ0v) is 18.4. The van der Waals surface area contributed by atoms with E-state index in [4.69, 9.17) is 9.47 Å². The Morgan fingerprint density at radius 3 is 2.18 bits per heavy atom. The Morgan fingerprint density at radius 2 is 1.55 bits per heavy atom. The molecule has 3 aromatic carbocycles. The summed E-state index contributed by atoms with van der Waals surface area (Å²) >= 11 is 0. The van der Waals surface area contributed by atoms with Crippen LogP contribution in [0.5, 0.6) is 11.5 Å². The lowest BCUT2D eigenvalue weighted by molar-refractivity contribution is -0.137. The predicted molar refractivity (Wildman–Crippen MR) is 121 cm³/mol. The molecule has 0 aliphatic carbocycles. The fourth-order valence-electron chi connectivity index (χ4n) is 4.12. The molecule has 0 aromatic heterocycles. The van der Waals surface area contributed by atoms with Crippen molar-refractivity contribution >= 4 is 0 Å². The molecule has 3 aromatic rings. The Kier molecular flexibility index (Phi) is 7.20. The maximum absolute atomic E-state index is 13.1. The van der Waals surface area contributed by atoms with Gasteiger partial charge in [-0.05, 0) is 41.0 Å². The first kappa shape index (κ1) is 23.1. The first-order chi connectivity index (χ1) is 16.0. The Bertz CT molecular complexity index is 1030. The van der Waals surface area contributed by atoms with Crippen LogP contribution in [0, 0.1) is 0 Å². The van der Waals surface area contributed by atoms with Crippen molar-refractivity contribution < 1.29 is 22.6 Å². The summed E-state index contributed by atoms with van der Waals surface area (Å²) in [5.41, 5.74) is 2.16. The number of nitrogens with zero attached hydrogens (tertiary/aromatic N) is 1. The Labute approximate surface area is 191 Å². The molecule has 0 saturated carbocycles. The lowest BCUT2D eigenvalue weighted by Gasteiger charge is -2.36. The highest BCUT2D eigenvalue weighted by Crippen LogP contribution is 2.37. The van der Waals surface area contributed by atoms with Crippen molar-refractivity contribution in [1.82, 2.24) is 10.2 Å². The molecule has 1 unspecified atom stereocenters. The Balaban J connectivity index is 1.63. The summed E-state index contributed by atoms with van der Waals surface area (Å²) < 4.78 is 50.8. The van der Waals surface area contributed by atoms with Crippen LogP contribution >= 0.6 is 0 Å². The first-order valence-electron chi connectivity index (χ1n) is 10.9. The number of benzene rings is 3. The van der Waals surface area contributed by atoms with E-state index in [-0.39, 0.29) is 6.04 Å². The van der Waals surface area contributed by atoms with Gasteiger partial charge < -0.3 is 14.8 Å². The molecule has 0 radical (unpaired) electrons. The molecule has 0 bridgehead atoms. The van der Waals surface area contributed by atoms with Crippen LogP contribution in [0.25, 0.3) is 0 Å². The topological polar surface area (TPSA) is 33.7 Å². The second-order valence-corrected chi connectivity index (χ2v) is 7.99. The largest absolute Gasteiger partial charge is 0.493 e. The van der Waals surface area contributed by atoms with Crippen LogP contribution < -0.4 is 14.8 Å². The molecule has 33 heavy (non-hydrogen) atoms. The van der Waals surface area contributed by atoms with E-state index in [9.17, 15) is 13.2 Å².